The van der Waals surface area contributed by atoms with Crippen LogP contribution in [0.4, 0.5) is 0 Å². The third-order valence-corrected chi connectivity index (χ3v) is 6.20. The number of aliphatic imine (C=N–C) groups is 1. The molecule has 7 nitrogen and oxygen atoms in total. The predicted molar refractivity (Wildman–Crippen MR) is 103 cm³/mol. The molecule has 0 aliphatic carbocycles. The zero-order valence-electron chi connectivity index (χ0n) is 14.5. The van der Waals surface area contributed by atoms with Crippen LogP contribution in [0.1, 0.15) is 37.9 Å². The molecule has 1 aliphatic rings. The van der Waals surface area contributed by atoms with Crippen molar-refractivity contribution in [2.45, 2.75) is 36.4 Å². The highest BCUT2D eigenvalue weighted by molar-refractivity contribution is 8.00. The maximum atomic E-state index is 4.81. The third-order valence-electron chi connectivity index (χ3n) is 4.15. The standard InChI is InChI=1S/C16H25N7S2/c1-2-17-15(18-6-3-10-24-16-19-7-11-25-16)23-8-4-13(5-9-23)14-20-12-21-22-14/h7,11-13H,2-6,8-10H2,1H3,(H,17,18)(H,20,21,22). The molecule has 3 rings (SSSR count). The van der Waals surface area contributed by atoms with Gasteiger partial charge in [0.15, 0.2) is 5.96 Å². The van der Waals surface area contributed by atoms with Crippen molar-refractivity contribution < 1.29 is 0 Å². The maximum Gasteiger partial charge on any atom is 0.193 e. The van der Waals surface area contributed by atoms with Gasteiger partial charge >= 0.3 is 0 Å². The number of nitrogens with zero attached hydrogens (tertiary/aromatic N) is 5. The summed E-state index contributed by atoms with van der Waals surface area (Å²) in [6.07, 6.45) is 6.68. The molecule has 0 bridgehead atoms. The molecule has 0 amide bonds. The molecule has 2 aromatic rings. The summed E-state index contributed by atoms with van der Waals surface area (Å²) in [5.74, 6) is 3.60. The normalized spacial score (nSPS) is 16.4. The van der Waals surface area contributed by atoms with Gasteiger partial charge in [-0.25, -0.2) is 9.97 Å². The van der Waals surface area contributed by atoms with Crippen LogP contribution in [0.2, 0.25) is 0 Å². The van der Waals surface area contributed by atoms with Crippen LogP contribution >= 0.6 is 23.1 Å². The van der Waals surface area contributed by atoms with Crippen LogP contribution in [0.25, 0.3) is 0 Å². The van der Waals surface area contributed by atoms with Gasteiger partial charge in [-0.1, -0.05) is 11.8 Å². The van der Waals surface area contributed by atoms with E-state index in [-0.39, 0.29) is 0 Å². The minimum absolute atomic E-state index is 0.483. The Hall–Kier alpha value is -1.61. The van der Waals surface area contributed by atoms with E-state index < -0.39 is 0 Å². The van der Waals surface area contributed by atoms with E-state index >= 15 is 0 Å². The van der Waals surface area contributed by atoms with Gasteiger partial charge in [0.2, 0.25) is 0 Å². The fraction of sp³-hybridized carbons (Fsp3) is 0.625. The number of piperidine rings is 1. The second-order valence-electron chi connectivity index (χ2n) is 5.87. The van der Waals surface area contributed by atoms with E-state index in [9.17, 15) is 0 Å². The fourth-order valence-corrected chi connectivity index (χ4v) is 4.52. The molecule has 0 saturated carbocycles. The SMILES string of the molecule is CCNC(=NCCCSc1nccs1)N1CCC(c2ncn[nH]2)CC1. The Morgan fingerprint density at radius 3 is 3.00 bits per heavy atom. The molecule has 3 heterocycles. The monoisotopic (exact) mass is 379 g/mol. The highest BCUT2D eigenvalue weighted by atomic mass is 32.2. The number of rotatable bonds is 7. The van der Waals surface area contributed by atoms with Crippen LogP contribution in [0.15, 0.2) is 27.2 Å². The number of nitrogens with one attached hydrogen (secondary N) is 2. The van der Waals surface area contributed by atoms with Crippen molar-refractivity contribution in [3.05, 3.63) is 23.7 Å². The molecule has 0 unspecified atom stereocenters. The predicted octanol–water partition coefficient (Wildman–Crippen LogP) is 2.59. The number of hydrogen-bond donors (Lipinski definition) is 2. The quantitative estimate of drug-likeness (QED) is 0.333. The zero-order chi connectivity index (χ0) is 17.3. The summed E-state index contributed by atoms with van der Waals surface area (Å²) in [7, 11) is 0. The van der Waals surface area contributed by atoms with E-state index in [1.54, 1.807) is 17.7 Å². The molecule has 9 heteroatoms. The molecule has 2 aromatic heterocycles. The Labute approximate surface area is 156 Å². The van der Waals surface area contributed by atoms with Gasteiger partial charge in [-0.05, 0) is 26.2 Å². The molecule has 0 spiro atoms. The molecule has 0 atom stereocenters. The lowest BCUT2D eigenvalue weighted by molar-refractivity contribution is 0.299. The number of hydrogen-bond acceptors (Lipinski definition) is 6. The molecule has 1 fully saturated rings. The lowest BCUT2D eigenvalue weighted by Gasteiger charge is -2.33. The Balaban J connectivity index is 1.44. The molecule has 1 saturated heterocycles. The minimum Gasteiger partial charge on any atom is -0.357 e. The van der Waals surface area contributed by atoms with E-state index in [1.165, 1.54) is 0 Å². The van der Waals surface area contributed by atoms with Crippen LogP contribution in [-0.4, -0.2) is 63.0 Å². The topological polar surface area (TPSA) is 82.1 Å². The van der Waals surface area contributed by atoms with Crippen molar-refractivity contribution in [2.24, 2.45) is 4.99 Å². The van der Waals surface area contributed by atoms with Gasteiger partial charge in [0, 0.05) is 49.4 Å². The van der Waals surface area contributed by atoms with E-state index in [1.807, 2.05) is 23.3 Å². The summed E-state index contributed by atoms with van der Waals surface area (Å²) in [5, 5.41) is 12.4. The smallest absolute Gasteiger partial charge is 0.193 e. The first-order chi connectivity index (χ1) is 12.4. The van der Waals surface area contributed by atoms with Gasteiger partial charge < -0.3 is 10.2 Å². The van der Waals surface area contributed by atoms with Gasteiger partial charge in [0.05, 0.1) is 0 Å². The van der Waals surface area contributed by atoms with Crippen molar-refractivity contribution >= 4 is 29.1 Å². The largest absolute Gasteiger partial charge is 0.357 e. The van der Waals surface area contributed by atoms with Gasteiger partial charge in [-0.3, -0.25) is 10.1 Å². The molecular formula is C16H25N7S2. The summed E-state index contributed by atoms with van der Waals surface area (Å²) in [4.78, 5) is 15.8. The van der Waals surface area contributed by atoms with Crippen LogP contribution < -0.4 is 5.32 Å². The van der Waals surface area contributed by atoms with Crippen molar-refractivity contribution in [1.29, 1.82) is 0 Å². The zero-order valence-corrected chi connectivity index (χ0v) is 16.2. The minimum atomic E-state index is 0.483. The van der Waals surface area contributed by atoms with Gasteiger partial charge in [0.25, 0.3) is 0 Å². The Bertz CT molecular complexity index is 619. The van der Waals surface area contributed by atoms with Crippen molar-refractivity contribution in [1.82, 2.24) is 30.4 Å². The maximum absolute atomic E-state index is 4.81. The summed E-state index contributed by atoms with van der Waals surface area (Å²) < 4.78 is 1.14. The van der Waals surface area contributed by atoms with Crippen LogP contribution in [-0.2, 0) is 0 Å². The number of likely N-dealkylation sites (tertiary alicyclic amines) is 1. The number of H-pyrrole nitrogens is 1. The van der Waals surface area contributed by atoms with E-state index in [4.69, 9.17) is 4.99 Å². The van der Waals surface area contributed by atoms with Crippen LogP contribution in [0.5, 0.6) is 0 Å². The molecule has 25 heavy (non-hydrogen) atoms. The number of aromatic nitrogens is 4. The number of aromatic amines is 1. The summed E-state index contributed by atoms with van der Waals surface area (Å²) in [5.41, 5.74) is 0. The highest BCUT2D eigenvalue weighted by Crippen LogP contribution is 2.25. The van der Waals surface area contributed by atoms with Crippen LogP contribution in [0, 0.1) is 0 Å². The van der Waals surface area contributed by atoms with Crippen LogP contribution in [0.3, 0.4) is 0 Å². The Morgan fingerprint density at radius 1 is 1.44 bits per heavy atom. The highest BCUT2D eigenvalue weighted by Gasteiger charge is 2.24. The van der Waals surface area contributed by atoms with Crippen molar-refractivity contribution in [2.75, 3.05) is 31.9 Å². The van der Waals surface area contributed by atoms with E-state index in [0.717, 1.165) is 67.3 Å². The van der Waals surface area contributed by atoms with Gasteiger partial charge in [0.1, 0.15) is 16.5 Å². The Kier molecular flexibility index (Phi) is 7.10. The molecule has 1 aliphatic heterocycles. The lowest BCUT2D eigenvalue weighted by Crippen LogP contribution is -2.45. The number of thiazole rings is 1. The second-order valence-corrected chi connectivity index (χ2v) is 8.10. The molecule has 136 valence electrons. The van der Waals surface area contributed by atoms with E-state index in [0.29, 0.717) is 5.92 Å². The first kappa shape index (κ1) is 18.2. The second kappa shape index (κ2) is 9.76. The molecule has 2 N–H and O–H groups in total. The average Bonchev–Trinajstić information content (AvgIpc) is 3.35. The first-order valence-electron chi connectivity index (χ1n) is 8.77. The summed E-state index contributed by atoms with van der Waals surface area (Å²) in [6.45, 7) is 5.88. The van der Waals surface area contributed by atoms with E-state index in [2.05, 4.69) is 37.3 Å². The Morgan fingerprint density at radius 2 is 2.32 bits per heavy atom. The fourth-order valence-electron chi connectivity index (χ4n) is 2.89. The molecule has 0 aromatic carbocycles. The number of guanidine groups is 1. The average molecular weight is 380 g/mol. The van der Waals surface area contributed by atoms with Crippen molar-refractivity contribution in [3.63, 3.8) is 0 Å². The number of thioether (sulfide) groups is 1. The molecular weight excluding hydrogens is 354 g/mol. The summed E-state index contributed by atoms with van der Waals surface area (Å²) in [6, 6.07) is 0. The summed E-state index contributed by atoms with van der Waals surface area (Å²) >= 11 is 3.51. The third kappa shape index (κ3) is 5.43. The lowest BCUT2D eigenvalue weighted by atomic mass is 9.96. The van der Waals surface area contributed by atoms with Crippen molar-refractivity contribution in [3.8, 4) is 0 Å². The molecule has 0 radical (unpaired) electrons. The van der Waals surface area contributed by atoms with Gasteiger partial charge in [-0.2, -0.15) is 5.10 Å². The van der Waals surface area contributed by atoms with Gasteiger partial charge in [-0.15, -0.1) is 11.3 Å². The first-order valence-corrected chi connectivity index (χ1v) is 10.6.